The summed E-state index contributed by atoms with van der Waals surface area (Å²) in [5.41, 5.74) is 0.395. The zero-order valence-corrected chi connectivity index (χ0v) is 8.33. The van der Waals surface area contributed by atoms with Gasteiger partial charge < -0.3 is 14.2 Å². The SMILES string of the molecule is C=C(C)C(=O)OCCC(OC)OC. The molecule has 0 rings (SSSR count). The number of methoxy groups -OCH3 is 2. The first kappa shape index (κ1) is 12.1. The van der Waals surface area contributed by atoms with Gasteiger partial charge in [-0.3, -0.25) is 0 Å². The van der Waals surface area contributed by atoms with Gasteiger partial charge in [-0.25, -0.2) is 4.79 Å². The van der Waals surface area contributed by atoms with Crippen LogP contribution in [0.4, 0.5) is 0 Å². The normalized spacial score (nSPS) is 10.2. The van der Waals surface area contributed by atoms with Crippen LogP contribution in [0.2, 0.25) is 0 Å². The van der Waals surface area contributed by atoms with Gasteiger partial charge in [0.2, 0.25) is 0 Å². The molecule has 0 unspecified atom stereocenters. The summed E-state index contributed by atoms with van der Waals surface area (Å²) in [6.45, 7) is 5.34. The molecule has 0 aromatic carbocycles. The molecule has 0 amide bonds. The minimum absolute atomic E-state index is 0.276. The lowest BCUT2D eigenvalue weighted by Crippen LogP contribution is -2.17. The van der Waals surface area contributed by atoms with Crippen LogP contribution in [0, 0.1) is 0 Å². The summed E-state index contributed by atoms with van der Waals surface area (Å²) in [5.74, 6) is -0.383. The third kappa shape index (κ3) is 5.38. The Morgan fingerprint density at radius 2 is 1.92 bits per heavy atom. The summed E-state index contributed by atoms with van der Waals surface area (Å²) in [5, 5.41) is 0. The maximum absolute atomic E-state index is 10.9. The molecule has 4 nitrogen and oxygen atoms in total. The van der Waals surface area contributed by atoms with Crippen LogP contribution in [0.3, 0.4) is 0 Å². The fourth-order valence-corrected chi connectivity index (χ4v) is 0.703. The van der Waals surface area contributed by atoms with Crippen LogP contribution >= 0.6 is 0 Å². The molecule has 0 N–H and O–H groups in total. The first-order chi connectivity index (χ1) is 6.11. The standard InChI is InChI=1S/C9H16O4/c1-7(2)9(10)13-6-5-8(11-3)12-4/h8H,1,5-6H2,2-4H3. The molecule has 0 bridgehead atoms. The van der Waals surface area contributed by atoms with Gasteiger partial charge in [0.05, 0.1) is 6.61 Å². The second kappa shape index (κ2) is 6.62. The van der Waals surface area contributed by atoms with Crippen molar-refractivity contribution in [2.45, 2.75) is 19.6 Å². The molecule has 0 saturated heterocycles. The van der Waals surface area contributed by atoms with Crippen LogP contribution < -0.4 is 0 Å². The van der Waals surface area contributed by atoms with Crippen LogP contribution in [-0.4, -0.2) is 33.1 Å². The number of hydrogen-bond acceptors (Lipinski definition) is 4. The van der Waals surface area contributed by atoms with E-state index in [0.29, 0.717) is 12.0 Å². The highest BCUT2D eigenvalue weighted by Gasteiger charge is 2.07. The summed E-state index contributed by atoms with van der Waals surface area (Å²) in [6.07, 6.45) is 0.198. The van der Waals surface area contributed by atoms with Crippen molar-refractivity contribution < 1.29 is 19.0 Å². The largest absolute Gasteiger partial charge is 0.462 e. The Morgan fingerprint density at radius 3 is 2.31 bits per heavy atom. The Kier molecular flexibility index (Phi) is 6.18. The Balaban J connectivity index is 3.54. The molecule has 4 heteroatoms. The predicted octanol–water partition coefficient (Wildman–Crippen LogP) is 1.11. The van der Waals surface area contributed by atoms with Crippen molar-refractivity contribution in [2.24, 2.45) is 0 Å². The molecule has 0 aromatic heterocycles. The maximum Gasteiger partial charge on any atom is 0.333 e. The third-order valence-corrected chi connectivity index (χ3v) is 1.46. The Hall–Kier alpha value is -0.870. The van der Waals surface area contributed by atoms with Crippen molar-refractivity contribution >= 4 is 5.97 Å². The summed E-state index contributed by atoms with van der Waals surface area (Å²) in [4.78, 5) is 10.9. The van der Waals surface area contributed by atoms with Gasteiger partial charge in [-0.15, -0.1) is 0 Å². The predicted molar refractivity (Wildman–Crippen MR) is 48.2 cm³/mol. The van der Waals surface area contributed by atoms with Crippen LogP contribution in [0.15, 0.2) is 12.2 Å². The van der Waals surface area contributed by atoms with Crippen molar-refractivity contribution in [3.63, 3.8) is 0 Å². The van der Waals surface area contributed by atoms with Gasteiger partial charge in [-0.2, -0.15) is 0 Å². The van der Waals surface area contributed by atoms with Crippen molar-refractivity contribution in [3.05, 3.63) is 12.2 Å². The Bertz CT molecular complexity index is 172. The maximum atomic E-state index is 10.9. The van der Waals surface area contributed by atoms with E-state index in [1.807, 2.05) is 0 Å². The number of carbonyl (C=O) groups excluding carboxylic acids is 1. The van der Waals surface area contributed by atoms with Gasteiger partial charge in [-0.05, 0) is 6.92 Å². The van der Waals surface area contributed by atoms with Gasteiger partial charge in [0.1, 0.15) is 0 Å². The van der Waals surface area contributed by atoms with Gasteiger partial charge in [0.15, 0.2) is 6.29 Å². The summed E-state index contributed by atoms with van der Waals surface area (Å²) >= 11 is 0. The van der Waals surface area contributed by atoms with Crippen LogP contribution in [0.1, 0.15) is 13.3 Å². The van der Waals surface area contributed by atoms with Crippen LogP contribution in [-0.2, 0) is 19.0 Å². The third-order valence-electron chi connectivity index (χ3n) is 1.46. The van der Waals surface area contributed by atoms with Gasteiger partial charge >= 0.3 is 5.97 Å². The monoisotopic (exact) mass is 188 g/mol. The summed E-state index contributed by atoms with van der Waals surface area (Å²) in [6, 6.07) is 0. The van der Waals surface area contributed by atoms with Crippen molar-refractivity contribution in [1.29, 1.82) is 0 Å². The minimum atomic E-state index is -0.383. The lowest BCUT2D eigenvalue weighted by molar-refractivity contribution is -0.145. The molecular weight excluding hydrogens is 172 g/mol. The fourth-order valence-electron chi connectivity index (χ4n) is 0.703. The summed E-state index contributed by atoms with van der Waals surface area (Å²) < 4.78 is 14.7. The molecule has 0 heterocycles. The molecule has 13 heavy (non-hydrogen) atoms. The number of ether oxygens (including phenoxy) is 3. The number of rotatable bonds is 6. The van der Waals surface area contributed by atoms with Crippen molar-refractivity contribution in [1.82, 2.24) is 0 Å². The molecule has 0 atom stereocenters. The van der Waals surface area contributed by atoms with E-state index in [1.54, 1.807) is 6.92 Å². The van der Waals surface area contributed by atoms with Gasteiger partial charge in [-0.1, -0.05) is 6.58 Å². The molecule has 0 aromatic rings. The first-order valence-electron chi connectivity index (χ1n) is 4.00. The molecule has 0 saturated carbocycles. The molecule has 0 spiro atoms. The van der Waals surface area contributed by atoms with Crippen LogP contribution in [0.25, 0.3) is 0 Å². The first-order valence-corrected chi connectivity index (χ1v) is 4.00. The lowest BCUT2D eigenvalue weighted by atomic mass is 10.3. The second-order valence-electron chi connectivity index (χ2n) is 2.61. The van der Waals surface area contributed by atoms with Crippen molar-refractivity contribution in [2.75, 3.05) is 20.8 Å². The number of carbonyl (C=O) groups is 1. The molecule has 0 radical (unpaired) electrons. The van der Waals surface area contributed by atoms with E-state index >= 15 is 0 Å². The van der Waals surface area contributed by atoms with E-state index < -0.39 is 0 Å². The Labute approximate surface area is 78.5 Å². The second-order valence-corrected chi connectivity index (χ2v) is 2.61. The van der Waals surface area contributed by atoms with E-state index in [-0.39, 0.29) is 18.9 Å². The molecule has 0 aliphatic rings. The highest BCUT2D eigenvalue weighted by Crippen LogP contribution is 1.99. The van der Waals surface area contributed by atoms with E-state index in [0.717, 1.165) is 0 Å². The minimum Gasteiger partial charge on any atom is -0.462 e. The molecular formula is C9H16O4. The molecule has 0 aliphatic heterocycles. The average Bonchev–Trinajstić information content (AvgIpc) is 2.12. The van der Waals surface area contributed by atoms with Crippen LogP contribution in [0.5, 0.6) is 0 Å². The molecule has 76 valence electrons. The van der Waals surface area contributed by atoms with Crippen molar-refractivity contribution in [3.8, 4) is 0 Å². The number of hydrogen-bond donors (Lipinski definition) is 0. The van der Waals surface area contributed by atoms with E-state index in [9.17, 15) is 4.79 Å². The van der Waals surface area contributed by atoms with Gasteiger partial charge in [0, 0.05) is 26.2 Å². The summed E-state index contributed by atoms with van der Waals surface area (Å²) in [7, 11) is 3.07. The van der Waals surface area contributed by atoms with Gasteiger partial charge in [0.25, 0.3) is 0 Å². The zero-order valence-electron chi connectivity index (χ0n) is 8.33. The lowest BCUT2D eigenvalue weighted by Gasteiger charge is -2.12. The molecule has 0 aliphatic carbocycles. The highest BCUT2D eigenvalue weighted by atomic mass is 16.7. The smallest absolute Gasteiger partial charge is 0.333 e. The van der Waals surface area contributed by atoms with E-state index in [2.05, 4.69) is 6.58 Å². The zero-order chi connectivity index (χ0) is 10.3. The Morgan fingerprint density at radius 1 is 1.38 bits per heavy atom. The van der Waals surface area contributed by atoms with E-state index in [1.165, 1.54) is 14.2 Å². The quantitative estimate of drug-likeness (QED) is 0.356. The molecule has 0 fully saturated rings. The average molecular weight is 188 g/mol. The number of esters is 1. The van der Waals surface area contributed by atoms with E-state index in [4.69, 9.17) is 14.2 Å². The fraction of sp³-hybridized carbons (Fsp3) is 0.667. The topological polar surface area (TPSA) is 44.8 Å². The highest BCUT2D eigenvalue weighted by molar-refractivity contribution is 5.86.